The summed E-state index contributed by atoms with van der Waals surface area (Å²) < 4.78 is 5.54. The minimum absolute atomic E-state index is 0.0322. The Morgan fingerprint density at radius 2 is 1.58 bits per heavy atom. The monoisotopic (exact) mass is 409 g/mol. The predicted octanol–water partition coefficient (Wildman–Crippen LogP) is 4.95. The first-order valence-electron chi connectivity index (χ1n) is 8.56. The molecule has 0 spiro atoms. The molecule has 1 N–H and O–H groups in total. The number of carbonyl (C=O) groups excluding carboxylic acids is 1. The van der Waals surface area contributed by atoms with Gasteiger partial charge in [0.2, 0.25) is 5.91 Å². The zero-order chi connectivity index (χ0) is 18.4. The van der Waals surface area contributed by atoms with E-state index in [4.69, 9.17) is 27.9 Å². The van der Waals surface area contributed by atoms with Crippen molar-refractivity contribution in [2.75, 3.05) is 25.5 Å². The van der Waals surface area contributed by atoms with Crippen molar-refractivity contribution in [3.63, 3.8) is 0 Å². The maximum Gasteiger partial charge on any atom is 0.230 e. The molecule has 0 atom stereocenters. The quantitative estimate of drug-likeness (QED) is 0.685. The summed E-state index contributed by atoms with van der Waals surface area (Å²) in [6.45, 7) is 2.02. The Morgan fingerprint density at radius 3 is 2.19 bits per heavy atom. The Labute approximate surface area is 168 Å². The van der Waals surface area contributed by atoms with Crippen molar-refractivity contribution in [3.8, 4) is 0 Å². The minimum atomic E-state index is -0.0938. The zero-order valence-corrected chi connectivity index (χ0v) is 16.7. The first kappa shape index (κ1) is 19.6. The molecule has 3 rings (SSSR count). The van der Waals surface area contributed by atoms with Gasteiger partial charge in [0.25, 0.3) is 0 Å². The van der Waals surface area contributed by atoms with Gasteiger partial charge >= 0.3 is 0 Å². The van der Waals surface area contributed by atoms with Crippen LogP contribution < -0.4 is 5.32 Å². The van der Waals surface area contributed by atoms with Gasteiger partial charge in [0.05, 0.1) is 5.75 Å². The number of nitrogens with one attached hydrogen (secondary N) is 1. The van der Waals surface area contributed by atoms with Crippen LogP contribution in [0.2, 0.25) is 10.0 Å². The summed E-state index contributed by atoms with van der Waals surface area (Å²) in [7, 11) is 0. The standard InChI is InChI=1S/C20H21Cl2NO2S/c21-16-3-1-15(2-4-16)20(9-11-25-12-10-20)14-23-19(24)13-26-18-7-5-17(22)6-8-18/h1-8H,9-14H2,(H,23,24). The molecule has 0 radical (unpaired) electrons. The summed E-state index contributed by atoms with van der Waals surface area (Å²) in [6.07, 6.45) is 1.78. The number of benzene rings is 2. The third-order valence-electron chi connectivity index (χ3n) is 4.71. The summed E-state index contributed by atoms with van der Waals surface area (Å²) in [5, 5.41) is 4.53. The summed E-state index contributed by atoms with van der Waals surface area (Å²) in [5.74, 6) is 0.416. The molecule has 3 nitrogen and oxygen atoms in total. The molecule has 26 heavy (non-hydrogen) atoms. The number of hydrogen-bond donors (Lipinski definition) is 1. The Balaban J connectivity index is 1.59. The average Bonchev–Trinajstić information content (AvgIpc) is 2.67. The second-order valence-electron chi connectivity index (χ2n) is 6.42. The third-order valence-corrected chi connectivity index (χ3v) is 6.23. The lowest BCUT2D eigenvalue weighted by Gasteiger charge is -2.38. The second kappa shape index (κ2) is 9.14. The highest BCUT2D eigenvalue weighted by Crippen LogP contribution is 2.35. The van der Waals surface area contributed by atoms with Crippen LogP contribution in [0, 0.1) is 0 Å². The molecule has 0 aliphatic carbocycles. The number of amides is 1. The van der Waals surface area contributed by atoms with E-state index in [0.29, 0.717) is 30.5 Å². The Hall–Kier alpha value is -1.20. The van der Waals surface area contributed by atoms with E-state index in [2.05, 4.69) is 17.4 Å². The van der Waals surface area contributed by atoms with E-state index in [0.717, 1.165) is 22.8 Å². The van der Waals surface area contributed by atoms with Crippen molar-refractivity contribution >= 4 is 40.9 Å². The summed E-state index contributed by atoms with van der Waals surface area (Å²) >= 11 is 13.4. The molecule has 1 amide bonds. The molecular formula is C20H21Cl2NO2S. The van der Waals surface area contributed by atoms with E-state index in [1.54, 1.807) is 0 Å². The number of thioether (sulfide) groups is 1. The highest BCUT2D eigenvalue weighted by Gasteiger charge is 2.34. The van der Waals surface area contributed by atoms with E-state index in [9.17, 15) is 4.79 Å². The number of ether oxygens (including phenoxy) is 1. The van der Waals surface area contributed by atoms with Gasteiger partial charge in [0.1, 0.15) is 0 Å². The fraction of sp³-hybridized carbons (Fsp3) is 0.350. The SMILES string of the molecule is O=C(CSc1ccc(Cl)cc1)NCC1(c2ccc(Cl)cc2)CCOCC1. The van der Waals surface area contributed by atoms with Gasteiger partial charge in [-0.3, -0.25) is 4.79 Å². The lowest BCUT2D eigenvalue weighted by molar-refractivity contribution is -0.119. The molecule has 138 valence electrons. The van der Waals surface area contributed by atoms with Gasteiger partial charge in [-0.15, -0.1) is 11.8 Å². The molecule has 1 heterocycles. The smallest absolute Gasteiger partial charge is 0.230 e. The molecule has 0 saturated carbocycles. The van der Waals surface area contributed by atoms with Crippen LogP contribution >= 0.6 is 35.0 Å². The topological polar surface area (TPSA) is 38.3 Å². The van der Waals surface area contributed by atoms with Crippen LogP contribution in [-0.2, 0) is 14.9 Å². The van der Waals surface area contributed by atoms with Crippen LogP contribution in [0.25, 0.3) is 0 Å². The van der Waals surface area contributed by atoms with Crippen molar-refractivity contribution in [2.45, 2.75) is 23.2 Å². The van der Waals surface area contributed by atoms with E-state index in [-0.39, 0.29) is 11.3 Å². The molecule has 6 heteroatoms. The molecule has 1 fully saturated rings. The van der Waals surface area contributed by atoms with E-state index in [1.165, 1.54) is 17.3 Å². The van der Waals surface area contributed by atoms with Gasteiger partial charge in [0.15, 0.2) is 0 Å². The lowest BCUT2D eigenvalue weighted by Crippen LogP contribution is -2.45. The van der Waals surface area contributed by atoms with Gasteiger partial charge in [-0.05, 0) is 54.8 Å². The van der Waals surface area contributed by atoms with Crippen LogP contribution in [0.4, 0.5) is 0 Å². The third kappa shape index (κ3) is 5.17. The molecule has 0 bridgehead atoms. The fourth-order valence-electron chi connectivity index (χ4n) is 3.13. The first-order chi connectivity index (χ1) is 12.6. The maximum absolute atomic E-state index is 12.3. The lowest BCUT2D eigenvalue weighted by atomic mass is 9.74. The molecule has 1 aliphatic heterocycles. The predicted molar refractivity (Wildman–Crippen MR) is 108 cm³/mol. The molecule has 2 aromatic rings. The normalized spacial score (nSPS) is 16.2. The van der Waals surface area contributed by atoms with Crippen LogP contribution in [0.15, 0.2) is 53.4 Å². The van der Waals surface area contributed by atoms with E-state index < -0.39 is 0 Å². The van der Waals surface area contributed by atoms with Gasteiger partial charge < -0.3 is 10.1 Å². The molecule has 0 aromatic heterocycles. The Morgan fingerprint density at radius 1 is 1.00 bits per heavy atom. The van der Waals surface area contributed by atoms with Crippen LogP contribution in [-0.4, -0.2) is 31.4 Å². The zero-order valence-electron chi connectivity index (χ0n) is 14.3. The van der Waals surface area contributed by atoms with Gasteiger partial charge in [-0.1, -0.05) is 35.3 Å². The summed E-state index contributed by atoms with van der Waals surface area (Å²) in [4.78, 5) is 13.4. The van der Waals surface area contributed by atoms with Gasteiger partial charge in [-0.2, -0.15) is 0 Å². The van der Waals surface area contributed by atoms with Crippen molar-refractivity contribution in [1.82, 2.24) is 5.32 Å². The molecular weight excluding hydrogens is 389 g/mol. The fourth-order valence-corrected chi connectivity index (χ4v) is 4.11. The van der Waals surface area contributed by atoms with Crippen LogP contribution in [0.5, 0.6) is 0 Å². The van der Waals surface area contributed by atoms with Crippen molar-refractivity contribution < 1.29 is 9.53 Å². The van der Waals surface area contributed by atoms with Crippen molar-refractivity contribution in [3.05, 3.63) is 64.1 Å². The van der Waals surface area contributed by atoms with Crippen molar-refractivity contribution in [1.29, 1.82) is 0 Å². The van der Waals surface area contributed by atoms with Gasteiger partial charge in [-0.25, -0.2) is 0 Å². The second-order valence-corrected chi connectivity index (χ2v) is 8.34. The average molecular weight is 410 g/mol. The molecule has 1 aliphatic rings. The highest BCUT2D eigenvalue weighted by molar-refractivity contribution is 8.00. The number of rotatable bonds is 6. The molecule has 2 aromatic carbocycles. The van der Waals surface area contributed by atoms with E-state index >= 15 is 0 Å². The first-order valence-corrected chi connectivity index (χ1v) is 10.3. The molecule has 0 unspecified atom stereocenters. The highest BCUT2D eigenvalue weighted by atomic mass is 35.5. The Kier molecular flexibility index (Phi) is 6.87. The largest absolute Gasteiger partial charge is 0.381 e. The number of carbonyl (C=O) groups is 1. The van der Waals surface area contributed by atoms with Crippen molar-refractivity contribution in [2.24, 2.45) is 0 Å². The maximum atomic E-state index is 12.3. The minimum Gasteiger partial charge on any atom is -0.381 e. The van der Waals surface area contributed by atoms with Gasteiger partial charge in [0, 0.05) is 40.1 Å². The summed E-state index contributed by atoms with van der Waals surface area (Å²) in [5.41, 5.74) is 1.11. The Bertz CT molecular complexity index is 728. The number of hydrogen-bond acceptors (Lipinski definition) is 3. The molecule has 1 saturated heterocycles. The van der Waals surface area contributed by atoms with E-state index in [1.807, 2.05) is 36.4 Å². The van der Waals surface area contributed by atoms with Crippen LogP contribution in [0.1, 0.15) is 18.4 Å². The number of halogens is 2. The van der Waals surface area contributed by atoms with Crippen LogP contribution in [0.3, 0.4) is 0 Å². The summed E-state index contributed by atoms with van der Waals surface area (Å²) in [6, 6.07) is 15.4.